The molecule has 2 N–H and O–H groups in total. The molecule has 0 spiro atoms. The second-order valence-corrected chi connectivity index (χ2v) is 6.43. The topological polar surface area (TPSA) is 96.0 Å². The van der Waals surface area contributed by atoms with Gasteiger partial charge in [0.15, 0.2) is 0 Å². The number of carbonyl (C=O) groups excluding carboxylic acids is 1. The van der Waals surface area contributed by atoms with Gasteiger partial charge in [0.05, 0.1) is 5.69 Å². The van der Waals surface area contributed by atoms with Crippen LogP contribution in [0, 0.1) is 6.92 Å². The Morgan fingerprint density at radius 1 is 1.40 bits per heavy atom. The quantitative estimate of drug-likeness (QED) is 0.860. The SMILES string of the molecule is Cc1cc(C[C@@H](C)NC(=O)N2CCC(Oc3ncccn3)CC2)n[nH]1. The normalized spacial score (nSPS) is 16.5. The number of rotatable bonds is 5. The van der Waals surface area contributed by atoms with E-state index in [2.05, 4.69) is 25.5 Å². The Hall–Kier alpha value is -2.64. The Balaban J connectivity index is 1.42. The van der Waals surface area contributed by atoms with E-state index in [1.54, 1.807) is 18.5 Å². The lowest BCUT2D eigenvalue weighted by Crippen LogP contribution is -2.49. The average molecular weight is 344 g/mol. The van der Waals surface area contributed by atoms with E-state index in [-0.39, 0.29) is 18.2 Å². The van der Waals surface area contributed by atoms with Gasteiger partial charge >= 0.3 is 12.0 Å². The number of hydrogen-bond acceptors (Lipinski definition) is 5. The van der Waals surface area contributed by atoms with Gasteiger partial charge in [0, 0.05) is 56.5 Å². The number of urea groups is 1. The molecule has 1 fully saturated rings. The molecule has 0 bridgehead atoms. The molecule has 1 aliphatic rings. The molecule has 0 saturated carbocycles. The van der Waals surface area contributed by atoms with E-state index in [9.17, 15) is 4.79 Å². The largest absolute Gasteiger partial charge is 0.460 e. The van der Waals surface area contributed by atoms with Gasteiger partial charge in [0.25, 0.3) is 0 Å². The number of aromatic nitrogens is 4. The van der Waals surface area contributed by atoms with Gasteiger partial charge in [-0.05, 0) is 26.0 Å². The maximum absolute atomic E-state index is 12.4. The van der Waals surface area contributed by atoms with Crippen molar-refractivity contribution in [3.05, 3.63) is 35.9 Å². The minimum Gasteiger partial charge on any atom is -0.460 e. The van der Waals surface area contributed by atoms with Crippen LogP contribution in [0.25, 0.3) is 0 Å². The number of piperidine rings is 1. The van der Waals surface area contributed by atoms with Crippen LogP contribution in [0.4, 0.5) is 4.79 Å². The summed E-state index contributed by atoms with van der Waals surface area (Å²) >= 11 is 0. The first-order chi connectivity index (χ1) is 12.1. The van der Waals surface area contributed by atoms with Crippen molar-refractivity contribution in [3.8, 4) is 6.01 Å². The highest BCUT2D eigenvalue weighted by molar-refractivity contribution is 5.74. The van der Waals surface area contributed by atoms with Gasteiger partial charge < -0.3 is 15.0 Å². The molecule has 8 heteroatoms. The van der Waals surface area contributed by atoms with Crippen molar-refractivity contribution in [2.24, 2.45) is 0 Å². The summed E-state index contributed by atoms with van der Waals surface area (Å²) in [6.45, 7) is 5.28. The first kappa shape index (κ1) is 17.2. The average Bonchev–Trinajstić information content (AvgIpc) is 3.01. The molecule has 0 aliphatic carbocycles. The molecule has 1 saturated heterocycles. The Morgan fingerprint density at radius 3 is 2.76 bits per heavy atom. The highest BCUT2D eigenvalue weighted by Gasteiger charge is 2.25. The lowest BCUT2D eigenvalue weighted by molar-refractivity contribution is 0.102. The van der Waals surface area contributed by atoms with Crippen LogP contribution in [-0.2, 0) is 6.42 Å². The zero-order chi connectivity index (χ0) is 17.6. The standard InChI is InChI=1S/C17H24N6O2/c1-12(10-14-11-13(2)21-22-14)20-17(24)23-8-4-15(5-9-23)25-16-18-6-3-7-19-16/h3,6-7,11-12,15H,4-5,8-10H2,1-2H3,(H,20,24)(H,21,22)/t12-/m1/s1. The summed E-state index contributed by atoms with van der Waals surface area (Å²) in [7, 11) is 0. The number of nitrogens with one attached hydrogen (secondary N) is 2. The molecule has 3 heterocycles. The number of aryl methyl sites for hydroxylation is 1. The van der Waals surface area contributed by atoms with Crippen molar-refractivity contribution in [1.82, 2.24) is 30.4 Å². The van der Waals surface area contributed by atoms with Gasteiger partial charge in [0.1, 0.15) is 6.10 Å². The van der Waals surface area contributed by atoms with Crippen LogP contribution in [0.15, 0.2) is 24.5 Å². The van der Waals surface area contributed by atoms with Crippen molar-refractivity contribution in [1.29, 1.82) is 0 Å². The molecular formula is C17H24N6O2. The molecule has 0 aromatic carbocycles. The number of hydrogen-bond donors (Lipinski definition) is 2. The molecular weight excluding hydrogens is 320 g/mol. The minimum atomic E-state index is -0.0332. The molecule has 0 radical (unpaired) electrons. The zero-order valence-corrected chi connectivity index (χ0v) is 14.6. The number of ether oxygens (including phenoxy) is 1. The number of amides is 2. The lowest BCUT2D eigenvalue weighted by Gasteiger charge is -2.32. The van der Waals surface area contributed by atoms with Gasteiger partial charge in [-0.2, -0.15) is 5.10 Å². The summed E-state index contributed by atoms with van der Waals surface area (Å²) in [5, 5.41) is 10.2. The van der Waals surface area contributed by atoms with E-state index in [0.29, 0.717) is 25.5 Å². The van der Waals surface area contributed by atoms with Crippen molar-refractivity contribution < 1.29 is 9.53 Å². The monoisotopic (exact) mass is 344 g/mol. The van der Waals surface area contributed by atoms with Crippen molar-refractivity contribution in [3.63, 3.8) is 0 Å². The number of likely N-dealkylation sites (tertiary alicyclic amines) is 1. The molecule has 2 aromatic rings. The maximum Gasteiger partial charge on any atom is 0.317 e. The summed E-state index contributed by atoms with van der Waals surface area (Å²) in [5.41, 5.74) is 1.98. The van der Waals surface area contributed by atoms with Crippen LogP contribution in [0.1, 0.15) is 31.2 Å². The van der Waals surface area contributed by atoms with Gasteiger partial charge in [-0.1, -0.05) is 0 Å². The molecule has 134 valence electrons. The number of aromatic amines is 1. The molecule has 8 nitrogen and oxygen atoms in total. The van der Waals surface area contributed by atoms with Crippen LogP contribution >= 0.6 is 0 Å². The van der Waals surface area contributed by atoms with Crippen LogP contribution in [0.3, 0.4) is 0 Å². The third-order valence-electron chi connectivity index (χ3n) is 4.19. The van der Waals surface area contributed by atoms with E-state index in [0.717, 1.165) is 24.2 Å². The second-order valence-electron chi connectivity index (χ2n) is 6.43. The van der Waals surface area contributed by atoms with Crippen molar-refractivity contribution in [2.45, 2.75) is 45.3 Å². The first-order valence-electron chi connectivity index (χ1n) is 8.60. The fourth-order valence-corrected chi connectivity index (χ4v) is 2.92. The summed E-state index contributed by atoms with van der Waals surface area (Å²) < 4.78 is 5.75. The highest BCUT2D eigenvalue weighted by Crippen LogP contribution is 2.15. The van der Waals surface area contributed by atoms with E-state index >= 15 is 0 Å². The second kappa shape index (κ2) is 7.96. The third kappa shape index (κ3) is 4.91. The number of carbonyl (C=O) groups is 1. The molecule has 0 unspecified atom stereocenters. The van der Waals surface area contributed by atoms with Gasteiger partial charge in [0.2, 0.25) is 0 Å². The van der Waals surface area contributed by atoms with E-state index in [4.69, 9.17) is 4.74 Å². The molecule has 2 aromatic heterocycles. The molecule has 3 rings (SSSR count). The van der Waals surface area contributed by atoms with E-state index in [1.807, 2.05) is 24.8 Å². The minimum absolute atomic E-state index is 0.0295. The first-order valence-corrected chi connectivity index (χ1v) is 8.60. The van der Waals surface area contributed by atoms with Gasteiger partial charge in [-0.25, -0.2) is 14.8 Å². The number of nitrogens with zero attached hydrogens (tertiary/aromatic N) is 4. The number of H-pyrrole nitrogens is 1. The summed E-state index contributed by atoms with van der Waals surface area (Å²) in [4.78, 5) is 22.4. The Morgan fingerprint density at radius 2 is 2.12 bits per heavy atom. The summed E-state index contributed by atoms with van der Waals surface area (Å²) in [6, 6.07) is 4.15. The predicted octanol–water partition coefficient (Wildman–Crippen LogP) is 1.69. The summed E-state index contributed by atoms with van der Waals surface area (Å²) in [6.07, 6.45) is 5.63. The van der Waals surface area contributed by atoms with Crippen molar-refractivity contribution in [2.75, 3.05) is 13.1 Å². The Bertz CT molecular complexity index is 681. The fraction of sp³-hybridized carbons (Fsp3) is 0.529. The lowest BCUT2D eigenvalue weighted by atomic mass is 10.1. The molecule has 2 amide bonds. The zero-order valence-electron chi connectivity index (χ0n) is 14.6. The maximum atomic E-state index is 12.4. The van der Waals surface area contributed by atoms with E-state index < -0.39 is 0 Å². The predicted molar refractivity (Wildman–Crippen MR) is 92.3 cm³/mol. The van der Waals surface area contributed by atoms with Gasteiger partial charge in [-0.15, -0.1) is 0 Å². The smallest absolute Gasteiger partial charge is 0.317 e. The third-order valence-corrected chi connectivity index (χ3v) is 4.19. The Kier molecular flexibility index (Phi) is 5.47. The molecule has 25 heavy (non-hydrogen) atoms. The fourth-order valence-electron chi connectivity index (χ4n) is 2.92. The van der Waals surface area contributed by atoms with E-state index in [1.165, 1.54) is 0 Å². The van der Waals surface area contributed by atoms with Crippen LogP contribution in [0.2, 0.25) is 0 Å². The van der Waals surface area contributed by atoms with Crippen LogP contribution in [-0.4, -0.2) is 56.3 Å². The van der Waals surface area contributed by atoms with Crippen molar-refractivity contribution >= 4 is 6.03 Å². The Labute approximate surface area is 147 Å². The van der Waals surface area contributed by atoms with Crippen LogP contribution in [0.5, 0.6) is 6.01 Å². The summed E-state index contributed by atoms with van der Waals surface area (Å²) in [5.74, 6) is 0. The molecule has 1 atom stereocenters. The molecule has 1 aliphatic heterocycles. The highest BCUT2D eigenvalue weighted by atomic mass is 16.5. The van der Waals surface area contributed by atoms with Crippen LogP contribution < -0.4 is 10.1 Å². The van der Waals surface area contributed by atoms with Gasteiger partial charge in [-0.3, -0.25) is 5.10 Å².